The fourth-order valence-electron chi connectivity index (χ4n) is 1.48. The second kappa shape index (κ2) is 7.49. The summed E-state index contributed by atoms with van der Waals surface area (Å²) in [5.74, 6) is 1.39. The van der Waals surface area contributed by atoms with Crippen molar-refractivity contribution in [1.29, 1.82) is 0 Å². The van der Waals surface area contributed by atoms with Crippen LogP contribution < -0.4 is 15.9 Å². The molecule has 1 aromatic carbocycles. The predicted molar refractivity (Wildman–Crippen MR) is 84.6 cm³/mol. The Bertz CT molecular complexity index is 551. The SMILES string of the molecule is CCCCOc1ccc(C=NNc2nc(N)cs2)cc1. The molecule has 106 valence electrons. The van der Waals surface area contributed by atoms with Gasteiger partial charge in [0.1, 0.15) is 11.6 Å². The lowest BCUT2D eigenvalue weighted by atomic mass is 10.2. The van der Waals surface area contributed by atoms with E-state index in [2.05, 4.69) is 22.4 Å². The van der Waals surface area contributed by atoms with E-state index >= 15 is 0 Å². The summed E-state index contributed by atoms with van der Waals surface area (Å²) < 4.78 is 5.60. The lowest BCUT2D eigenvalue weighted by molar-refractivity contribution is 0.309. The highest BCUT2D eigenvalue weighted by molar-refractivity contribution is 7.14. The van der Waals surface area contributed by atoms with Gasteiger partial charge >= 0.3 is 0 Å². The molecule has 0 atom stereocenters. The molecule has 2 rings (SSSR count). The first-order valence-electron chi connectivity index (χ1n) is 6.51. The molecule has 0 saturated carbocycles. The molecule has 0 aliphatic carbocycles. The summed E-state index contributed by atoms with van der Waals surface area (Å²) in [7, 11) is 0. The van der Waals surface area contributed by atoms with E-state index in [-0.39, 0.29) is 0 Å². The van der Waals surface area contributed by atoms with Crippen LogP contribution >= 0.6 is 11.3 Å². The first kappa shape index (κ1) is 14.3. The largest absolute Gasteiger partial charge is 0.494 e. The van der Waals surface area contributed by atoms with Crippen molar-refractivity contribution in [1.82, 2.24) is 4.98 Å². The minimum absolute atomic E-state index is 0.501. The number of nitrogens with zero attached hydrogens (tertiary/aromatic N) is 2. The number of hydrogen-bond donors (Lipinski definition) is 2. The van der Waals surface area contributed by atoms with Gasteiger partial charge in [0.15, 0.2) is 0 Å². The number of hydrogen-bond acceptors (Lipinski definition) is 6. The number of nitrogens with one attached hydrogen (secondary N) is 1. The monoisotopic (exact) mass is 290 g/mol. The fraction of sp³-hybridized carbons (Fsp3) is 0.286. The van der Waals surface area contributed by atoms with Crippen molar-refractivity contribution in [2.24, 2.45) is 5.10 Å². The van der Waals surface area contributed by atoms with E-state index in [9.17, 15) is 0 Å². The summed E-state index contributed by atoms with van der Waals surface area (Å²) >= 11 is 1.42. The number of aromatic nitrogens is 1. The van der Waals surface area contributed by atoms with Crippen LogP contribution in [0.4, 0.5) is 10.9 Å². The molecule has 3 N–H and O–H groups in total. The van der Waals surface area contributed by atoms with Crippen molar-refractivity contribution in [3.63, 3.8) is 0 Å². The number of thiazole rings is 1. The van der Waals surface area contributed by atoms with E-state index in [0.29, 0.717) is 10.9 Å². The lowest BCUT2D eigenvalue weighted by Crippen LogP contribution is -1.96. The summed E-state index contributed by atoms with van der Waals surface area (Å²) in [4.78, 5) is 4.05. The third-order valence-corrected chi connectivity index (χ3v) is 3.31. The maximum atomic E-state index is 5.60. The van der Waals surface area contributed by atoms with Gasteiger partial charge in [-0.2, -0.15) is 5.10 Å². The van der Waals surface area contributed by atoms with Crippen molar-refractivity contribution in [2.45, 2.75) is 19.8 Å². The average Bonchev–Trinajstić information content (AvgIpc) is 2.87. The average molecular weight is 290 g/mol. The van der Waals surface area contributed by atoms with Gasteiger partial charge in [0, 0.05) is 5.38 Å². The molecule has 1 heterocycles. The highest BCUT2D eigenvalue weighted by Crippen LogP contribution is 2.16. The van der Waals surface area contributed by atoms with Gasteiger partial charge < -0.3 is 10.5 Å². The number of ether oxygens (including phenoxy) is 1. The van der Waals surface area contributed by atoms with Crippen LogP contribution in [0.1, 0.15) is 25.3 Å². The number of nitrogen functional groups attached to an aromatic ring is 1. The van der Waals surface area contributed by atoms with E-state index in [0.717, 1.165) is 30.8 Å². The molecule has 5 nitrogen and oxygen atoms in total. The molecule has 0 aliphatic heterocycles. The Balaban J connectivity index is 1.83. The molecule has 1 aromatic heterocycles. The highest BCUT2D eigenvalue weighted by atomic mass is 32.1. The smallest absolute Gasteiger partial charge is 0.205 e. The van der Waals surface area contributed by atoms with Crippen LogP contribution in [0.5, 0.6) is 5.75 Å². The van der Waals surface area contributed by atoms with Crippen molar-refractivity contribution in [3.05, 3.63) is 35.2 Å². The minimum atomic E-state index is 0.501. The Morgan fingerprint density at radius 1 is 1.40 bits per heavy atom. The van der Waals surface area contributed by atoms with E-state index < -0.39 is 0 Å². The van der Waals surface area contributed by atoms with Crippen LogP contribution in [0.2, 0.25) is 0 Å². The molecule has 0 fully saturated rings. The van der Waals surface area contributed by atoms with Crippen LogP contribution in [0.3, 0.4) is 0 Å². The predicted octanol–water partition coefficient (Wildman–Crippen LogP) is 3.35. The van der Waals surface area contributed by atoms with Crippen LogP contribution in [0, 0.1) is 0 Å². The summed E-state index contributed by atoms with van der Waals surface area (Å²) in [6.07, 6.45) is 3.94. The van der Waals surface area contributed by atoms with E-state index in [1.54, 1.807) is 11.6 Å². The molecule has 0 radical (unpaired) electrons. The molecule has 0 amide bonds. The molecule has 20 heavy (non-hydrogen) atoms. The van der Waals surface area contributed by atoms with Gasteiger partial charge in [0.05, 0.1) is 12.8 Å². The molecule has 2 aromatic rings. The second-order valence-corrected chi connectivity index (χ2v) is 5.08. The summed E-state index contributed by atoms with van der Waals surface area (Å²) in [5.41, 5.74) is 9.35. The maximum Gasteiger partial charge on any atom is 0.205 e. The van der Waals surface area contributed by atoms with E-state index in [1.165, 1.54) is 11.3 Å². The molecule has 6 heteroatoms. The third kappa shape index (κ3) is 4.55. The zero-order valence-electron chi connectivity index (χ0n) is 11.4. The van der Waals surface area contributed by atoms with E-state index in [1.807, 2.05) is 24.3 Å². The van der Waals surface area contributed by atoms with Gasteiger partial charge in [-0.15, -0.1) is 11.3 Å². The lowest BCUT2D eigenvalue weighted by Gasteiger charge is -2.04. The summed E-state index contributed by atoms with van der Waals surface area (Å²) in [6, 6.07) is 7.81. The number of unbranched alkanes of at least 4 members (excludes halogenated alkanes) is 1. The minimum Gasteiger partial charge on any atom is -0.494 e. The van der Waals surface area contributed by atoms with Crippen LogP contribution in [-0.4, -0.2) is 17.8 Å². The number of anilines is 2. The molecule has 0 saturated heterocycles. The number of hydrazone groups is 1. The first-order chi connectivity index (χ1) is 9.78. The topological polar surface area (TPSA) is 72.5 Å². The van der Waals surface area contributed by atoms with Gasteiger partial charge in [0.25, 0.3) is 0 Å². The quantitative estimate of drug-likeness (QED) is 0.466. The molecule has 0 unspecified atom stereocenters. The molecular formula is C14H18N4OS. The Morgan fingerprint density at radius 3 is 2.85 bits per heavy atom. The second-order valence-electron chi connectivity index (χ2n) is 4.22. The third-order valence-electron chi connectivity index (χ3n) is 2.54. The van der Waals surface area contributed by atoms with Gasteiger partial charge in [-0.05, 0) is 36.2 Å². The van der Waals surface area contributed by atoms with Crippen LogP contribution in [-0.2, 0) is 0 Å². The van der Waals surface area contributed by atoms with Gasteiger partial charge in [-0.1, -0.05) is 13.3 Å². The zero-order valence-corrected chi connectivity index (χ0v) is 12.2. The van der Waals surface area contributed by atoms with Gasteiger partial charge in [-0.3, -0.25) is 5.43 Å². The Morgan fingerprint density at radius 2 is 2.20 bits per heavy atom. The number of rotatable bonds is 7. The molecular weight excluding hydrogens is 272 g/mol. The Kier molecular flexibility index (Phi) is 5.37. The maximum absolute atomic E-state index is 5.60. The van der Waals surface area contributed by atoms with Gasteiger partial charge in [0.2, 0.25) is 5.13 Å². The Labute approximate surface area is 122 Å². The number of benzene rings is 1. The number of nitrogens with two attached hydrogens (primary N) is 1. The fourth-order valence-corrected chi connectivity index (χ4v) is 2.03. The normalized spacial score (nSPS) is 10.8. The zero-order chi connectivity index (χ0) is 14.2. The van der Waals surface area contributed by atoms with Crippen LogP contribution in [0.25, 0.3) is 0 Å². The standard InChI is InChI=1S/C14H18N4OS/c1-2-3-8-19-12-6-4-11(5-7-12)9-16-18-14-17-13(15)10-20-14/h4-7,9-10H,2-3,8,15H2,1H3,(H,17,18). The first-order valence-corrected chi connectivity index (χ1v) is 7.39. The molecule has 0 aliphatic rings. The highest BCUT2D eigenvalue weighted by Gasteiger charge is 1.96. The molecule has 0 bridgehead atoms. The van der Waals surface area contributed by atoms with Crippen molar-refractivity contribution >= 4 is 28.5 Å². The van der Waals surface area contributed by atoms with Crippen molar-refractivity contribution in [2.75, 3.05) is 17.8 Å². The van der Waals surface area contributed by atoms with Gasteiger partial charge in [-0.25, -0.2) is 4.98 Å². The summed E-state index contributed by atoms with van der Waals surface area (Å²) in [5, 5.41) is 6.55. The Hall–Kier alpha value is -2.08. The van der Waals surface area contributed by atoms with Crippen molar-refractivity contribution < 1.29 is 4.74 Å². The van der Waals surface area contributed by atoms with Crippen molar-refractivity contribution in [3.8, 4) is 5.75 Å². The summed E-state index contributed by atoms with van der Waals surface area (Å²) in [6.45, 7) is 2.91. The van der Waals surface area contributed by atoms with Crippen LogP contribution in [0.15, 0.2) is 34.7 Å². The van der Waals surface area contributed by atoms with E-state index in [4.69, 9.17) is 10.5 Å². The molecule has 0 spiro atoms.